The highest BCUT2D eigenvalue weighted by Crippen LogP contribution is 2.28. The van der Waals surface area contributed by atoms with E-state index >= 15 is 0 Å². The van der Waals surface area contributed by atoms with Gasteiger partial charge in [0.25, 0.3) is 0 Å². The first-order valence-electron chi connectivity index (χ1n) is 8.12. The maximum absolute atomic E-state index is 13.1. The number of rotatable bonds is 3. The lowest BCUT2D eigenvalue weighted by molar-refractivity contribution is -0.129. The topological polar surface area (TPSA) is 56.5 Å². The number of aromatic nitrogens is 2. The van der Waals surface area contributed by atoms with Gasteiger partial charge in [-0.1, -0.05) is 29.8 Å². The number of hydrogen-bond acceptors (Lipinski definition) is 4. The summed E-state index contributed by atoms with van der Waals surface area (Å²) in [5, 5.41) is 4.67. The SMILES string of the molecule is Cc1nn(-c2ccc(F)cc2)c(Cl)c1C=C1N=C(c2ccccc2)OC1=O. The van der Waals surface area contributed by atoms with E-state index < -0.39 is 5.97 Å². The van der Waals surface area contributed by atoms with Crippen molar-refractivity contribution in [3.05, 3.63) is 88.1 Å². The van der Waals surface area contributed by atoms with Gasteiger partial charge in [-0.15, -0.1) is 0 Å². The number of nitrogens with zero attached hydrogens (tertiary/aromatic N) is 3. The zero-order chi connectivity index (χ0) is 19.0. The van der Waals surface area contributed by atoms with E-state index in [9.17, 15) is 9.18 Å². The Hall–Kier alpha value is -3.25. The fraction of sp³-hybridized carbons (Fsp3) is 0.0500. The molecule has 2 heterocycles. The first-order valence-corrected chi connectivity index (χ1v) is 8.50. The van der Waals surface area contributed by atoms with Crippen molar-refractivity contribution in [3.63, 3.8) is 0 Å². The van der Waals surface area contributed by atoms with Crippen LogP contribution < -0.4 is 0 Å². The summed E-state index contributed by atoms with van der Waals surface area (Å²) < 4.78 is 19.9. The molecule has 0 radical (unpaired) electrons. The molecule has 7 heteroatoms. The minimum absolute atomic E-state index is 0.137. The molecular formula is C20H13ClFN3O2. The van der Waals surface area contributed by atoms with E-state index in [1.165, 1.54) is 16.8 Å². The molecule has 5 nitrogen and oxygen atoms in total. The largest absolute Gasteiger partial charge is 0.402 e. The van der Waals surface area contributed by atoms with Gasteiger partial charge in [0.15, 0.2) is 5.70 Å². The molecule has 4 rings (SSSR count). The van der Waals surface area contributed by atoms with Crippen LogP contribution in [0.3, 0.4) is 0 Å². The van der Waals surface area contributed by atoms with Crippen molar-refractivity contribution in [1.82, 2.24) is 9.78 Å². The minimum atomic E-state index is -0.557. The smallest absolute Gasteiger partial charge is 0.363 e. The van der Waals surface area contributed by atoms with Gasteiger partial charge in [0, 0.05) is 11.1 Å². The Bertz CT molecular complexity index is 1090. The van der Waals surface area contributed by atoms with E-state index in [2.05, 4.69) is 10.1 Å². The number of benzene rings is 2. The zero-order valence-corrected chi connectivity index (χ0v) is 14.9. The first kappa shape index (κ1) is 17.2. The van der Waals surface area contributed by atoms with Crippen LogP contribution in [-0.2, 0) is 9.53 Å². The standard InChI is InChI=1S/C20H13ClFN3O2/c1-12-16(18(21)25(24-12)15-9-7-14(22)8-10-15)11-17-20(26)27-19(23-17)13-5-3-2-4-6-13/h2-11H,1H3. The summed E-state index contributed by atoms with van der Waals surface area (Å²) in [5.41, 5.74) is 2.60. The van der Waals surface area contributed by atoms with Crippen molar-refractivity contribution >= 4 is 29.5 Å². The molecule has 0 fully saturated rings. The average molecular weight is 382 g/mol. The zero-order valence-electron chi connectivity index (χ0n) is 14.2. The molecular weight excluding hydrogens is 369 g/mol. The molecule has 1 aliphatic rings. The maximum atomic E-state index is 13.1. The lowest BCUT2D eigenvalue weighted by Gasteiger charge is -2.02. The van der Waals surface area contributed by atoms with Gasteiger partial charge in [-0.05, 0) is 49.4 Å². The van der Waals surface area contributed by atoms with E-state index in [0.717, 1.165) is 0 Å². The summed E-state index contributed by atoms with van der Waals surface area (Å²) in [6, 6.07) is 14.9. The molecule has 0 bridgehead atoms. The number of halogens is 2. The number of esters is 1. The van der Waals surface area contributed by atoms with Gasteiger partial charge in [-0.2, -0.15) is 5.10 Å². The number of carbonyl (C=O) groups is 1. The highest BCUT2D eigenvalue weighted by Gasteiger charge is 2.25. The lowest BCUT2D eigenvalue weighted by atomic mass is 10.2. The van der Waals surface area contributed by atoms with Crippen LogP contribution in [-0.4, -0.2) is 21.6 Å². The number of aliphatic imine (C=N–C) groups is 1. The molecule has 0 unspecified atom stereocenters. The Kier molecular flexibility index (Phi) is 4.33. The second-order valence-corrected chi connectivity index (χ2v) is 6.24. The maximum Gasteiger partial charge on any atom is 0.363 e. The van der Waals surface area contributed by atoms with Crippen LogP contribution in [0.25, 0.3) is 11.8 Å². The van der Waals surface area contributed by atoms with Gasteiger partial charge in [0.1, 0.15) is 11.0 Å². The summed E-state index contributed by atoms with van der Waals surface area (Å²) in [7, 11) is 0. The van der Waals surface area contributed by atoms with Crippen LogP contribution in [0.15, 0.2) is 65.3 Å². The van der Waals surface area contributed by atoms with Gasteiger partial charge in [-0.25, -0.2) is 18.9 Å². The lowest BCUT2D eigenvalue weighted by Crippen LogP contribution is -2.04. The van der Waals surface area contributed by atoms with Gasteiger partial charge in [-0.3, -0.25) is 0 Å². The third-order valence-corrected chi connectivity index (χ3v) is 4.41. The molecule has 0 saturated carbocycles. The highest BCUT2D eigenvalue weighted by atomic mass is 35.5. The molecule has 2 aromatic carbocycles. The fourth-order valence-corrected chi connectivity index (χ4v) is 3.01. The molecule has 3 aromatic rings. The Morgan fingerprint density at radius 3 is 2.52 bits per heavy atom. The molecule has 0 amide bonds. The fourth-order valence-electron chi connectivity index (χ4n) is 2.68. The molecule has 27 heavy (non-hydrogen) atoms. The Balaban J connectivity index is 1.73. The van der Waals surface area contributed by atoms with Gasteiger partial charge < -0.3 is 4.74 Å². The number of aryl methyl sites for hydroxylation is 1. The van der Waals surface area contributed by atoms with E-state index in [0.29, 0.717) is 27.7 Å². The average Bonchev–Trinajstić information content (AvgIpc) is 3.18. The molecule has 134 valence electrons. The van der Waals surface area contributed by atoms with Crippen molar-refractivity contribution in [2.75, 3.05) is 0 Å². The van der Waals surface area contributed by atoms with Crippen molar-refractivity contribution in [2.24, 2.45) is 4.99 Å². The Morgan fingerprint density at radius 1 is 1.11 bits per heavy atom. The predicted octanol–water partition coefficient (Wildman–Crippen LogP) is 4.32. The van der Waals surface area contributed by atoms with E-state index in [4.69, 9.17) is 16.3 Å². The molecule has 1 aromatic heterocycles. The Labute approximate surface area is 159 Å². The molecule has 1 aliphatic heterocycles. The molecule has 0 spiro atoms. The minimum Gasteiger partial charge on any atom is -0.402 e. The first-order chi connectivity index (χ1) is 13.0. The van der Waals surface area contributed by atoms with Crippen LogP contribution >= 0.6 is 11.6 Å². The number of hydrogen-bond donors (Lipinski definition) is 0. The van der Waals surface area contributed by atoms with E-state index in [1.54, 1.807) is 37.3 Å². The van der Waals surface area contributed by atoms with Gasteiger partial charge in [0.05, 0.1) is 11.4 Å². The van der Waals surface area contributed by atoms with Crippen molar-refractivity contribution in [1.29, 1.82) is 0 Å². The number of ether oxygens (including phenoxy) is 1. The van der Waals surface area contributed by atoms with Crippen molar-refractivity contribution in [2.45, 2.75) is 6.92 Å². The van der Waals surface area contributed by atoms with Crippen LogP contribution in [0, 0.1) is 12.7 Å². The van der Waals surface area contributed by atoms with E-state index in [1.807, 2.05) is 18.2 Å². The normalized spacial score (nSPS) is 15.1. The van der Waals surface area contributed by atoms with Gasteiger partial charge in [0.2, 0.25) is 5.90 Å². The Morgan fingerprint density at radius 2 is 1.81 bits per heavy atom. The molecule has 0 aliphatic carbocycles. The quantitative estimate of drug-likeness (QED) is 0.501. The monoisotopic (exact) mass is 381 g/mol. The summed E-state index contributed by atoms with van der Waals surface area (Å²) in [4.78, 5) is 16.5. The summed E-state index contributed by atoms with van der Waals surface area (Å²) in [6.45, 7) is 1.76. The summed E-state index contributed by atoms with van der Waals surface area (Å²) in [5.74, 6) is -0.664. The second-order valence-electron chi connectivity index (χ2n) is 5.88. The summed E-state index contributed by atoms with van der Waals surface area (Å²) >= 11 is 6.45. The van der Waals surface area contributed by atoms with Crippen molar-refractivity contribution in [3.8, 4) is 5.69 Å². The van der Waals surface area contributed by atoms with Crippen molar-refractivity contribution < 1.29 is 13.9 Å². The highest BCUT2D eigenvalue weighted by molar-refractivity contribution is 6.31. The van der Waals surface area contributed by atoms with Crippen LogP contribution in [0.4, 0.5) is 4.39 Å². The second kappa shape index (κ2) is 6.81. The summed E-state index contributed by atoms with van der Waals surface area (Å²) in [6.07, 6.45) is 1.54. The molecule has 0 atom stereocenters. The third-order valence-electron chi connectivity index (χ3n) is 4.04. The van der Waals surface area contributed by atoms with Crippen LogP contribution in [0.2, 0.25) is 5.15 Å². The van der Waals surface area contributed by atoms with Crippen LogP contribution in [0.5, 0.6) is 0 Å². The third kappa shape index (κ3) is 3.27. The van der Waals surface area contributed by atoms with Crippen LogP contribution in [0.1, 0.15) is 16.8 Å². The number of cyclic esters (lactones) is 1. The van der Waals surface area contributed by atoms with Gasteiger partial charge >= 0.3 is 5.97 Å². The predicted molar refractivity (Wildman–Crippen MR) is 100 cm³/mol. The molecule has 0 saturated heterocycles. The number of carbonyl (C=O) groups excluding carboxylic acids is 1. The molecule has 0 N–H and O–H groups in total. The van der Waals surface area contributed by atoms with E-state index in [-0.39, 0.29) is 17.4 Å².